The van der Waals surface area contributed by atoms with Crippen molar-refractivity contribution in [1.29, 1.82) is 0 Å². The van der Waals surface area contributed by atoms with Gasteiger partial charge in [0.25, 0.3) is 0 Å². The summed E-state index contributed by atoms with van der Waals surface area (Å²) in [5.74, 6) is 2.83. The predicted octanol–water partition coefficient (Wildman–Crippen LogP) is 2.46. The van der Waals surface area contributed by atoms with Crippen LogP contribution in [0, 0.1) is 0 Å². The second kappa shape index (κ2) is 8.08. The number of hydrogen-bond donors (Lipinski definition) is 0. The lowest BCUT2D eigenvalue weighted by atomic mass is 10.1. The van der Waals surface area contributed by atoms with Crippen LogP contribution in [0.25, 0.3) is 0 Å². The maximum atomic E-state index is 12.8. The molecule has 0 radical (unpaired) electrons. The molecule has 1 fully saturated rings. The third kappa shape index (κ3) is 4.46. The Labute approximate surface area is 159 Å². The minimum absolute atomic E-state index is 0.0205. The summed E-state index contributed by atoms with van der Waals surface area (Å²) >= 11 is 1.54. The van der Waals surface area contributed by atoms with Crippen molar-refractivity contribution in [2.24, 2.45) is 0 Å². The second-order valence-corrected chi connectivity index (χ2v) is 10.0. The number of carbonyl (C=O) groups excluding carboxylic acids is 1. The van der Waals surface area contributed by atoms with E-state index in [-0.39, 0.29) is 36.3 Å². The first kappa shape index (κ1) is 19.4. The molecular weight excluding hydrogens is 374 g/mol. The summed E-state index contributed by atoms with van der Waals surface area (Å²) in [4.78, 5) is 14.6. The summed E-state index contributed by atoms with van der Waals surface area (Å²) in [5.41, 5.74) is 1.07. The van der Waals surface area contributed by atoms with Crippen molar-refractivity contribution in [3.05, 3.63) is 23.8 Å². The van der Waals surface area contributed by atoms with Crippen LogP contribution in [-0.4, -0.2) is 55.4 Å². The van der Waals surface area contributed by atoms with Gasteiger partial charge in [-0.1, -0.05) is 13.0 Å². The number of ether oxygens (including phenoxy) is 2. The number of hydrogen-bond acceptors (Lipinski definition) is 6. The fourth-order valence-electron chi connectivity index (χ4n) is 3.36. The van der Waals surface area contributed by atoms with Crippen LogP contribution in [0.3, 0.4) is 0 Å². The normalized spacial score (nSPS) is 21.5. The number of nitrogens with zero attached hydrogens (tertiary/aromatic N) is 1. The van der Waals surface area contributed by atoms with Gasteiger partial charge in [-0.25, -0.2) is 8.42 Å². The van der Waals surface area contributed by atoms with E-state index in [0.717, 1.165) is 23.5 Å². The molecule has 0 unspecified atom stereocenters. The van der Waals surface area contributed by atoms with E-state index in [1.165, 1.54) is 11.8 Å². The standard InChI is InChI=1S/C18H25NO5S2/c1-3-13(2)19(15-6-7-26(21,22)11-15)18(20)10-25-9-14-4-5-16-17(8-14)24-12-23-16/h4-5,8,13,15H,3,6-7,9-12H2,1-2H3/t13-,15+/m1/s1. The monoisotopic (exact) mass is 399 g/mol. The van der Waals surface area contributed by atoms with E-state index >= 15 is 0 Å². The second-order valence-electron chi connectivity index (χ2n) is 6.80. The summed E-state index contributed by atoms with van der Waals surface area (Å²) < 4.78 is 34.3. The van der Waals surface area contributed by atoms with Crippen LogP contribution in [0.15, 0.2) is 18.2 Å². The van der Waals surface area contributed by atoms with Crippen LogP contribution in [0.4, 0.5) is 0 Å². The molecule has 26 heavy (non-hydrogen) atoms. The van der Waals surface area contributed by atoms with Gasteiger partial charge in [0.15, 0.2) is 21.3 Å². The molecule has 2 aliphatic heterocycles. The van der Waals surface area contributed by atoms with Gasteiger partial charge in [-0.15, -0.1) is 11.8 Å². The van der Waals surface area contributed by atoms with Crippen LogP contribution in [-0.2, 0) is 20.4 Å². The van der Waals surface area contributed by atoms with Gasteiger partial charge in [0.05, 0.1) is 17.3 Å². The SMILES string of the molecule is CC[C@@H](C)N(C(=O)CSCc1ccc2c(c1)OCO2)[C@H]1CCS(=O)(=O)C1. The van der Waals surface area contributed by atoms with Gasteiger partial charge in [0.2, 0.25) is 12.7 Å². The van der Waals surface area contributed by atoms with Crippen LogP contribution >= 0.6 is 11.8 Å². The van der Waals surface area contributed by atoms with Gasteiger partial charge in [0, 0.05) is 17.8 Å². The molecular formula is C18H25NO5S2. The van der Waals surface area contributed by atoms with Crippen molar-refractivity contribution >= 4 is 27.5 Å². The molecule has 2 heterocycles. The average molecular weight is 400 g/mol. The Morgan fingerprint density at radius 2 is 2.12 bits per heavy atom. The minimum Gasteiger partial charge on any atom is -0.454 e. The molecule has 0 spiro atoms. The zero-order chi connectivity index (χ0) is 18.7. The fourth-order valence-corrected chi connectivity index (χ4v) is 5.91. The van der Waals surface area contributed by atoms with E-state index in [4.69, 9.17) is 9.47 Å². The summed E-state index contributed by atoms with van der Waals surface area (Å²) in [7, 11) is -3.01. The first-order valence-corrected chi connectivity index (χ1v) is 11.8. The van der Waals surface area contributed by atoms with Crippen molar-refractivity contribution in [2.75, 3.05) is 24.1 Å². The topological polar surface area (TPSA) is 72.9 Å². The summed E-state index contributed by atoms with van der Waals surface area (Å²) in [6, 6.07) is 5.66. The number of sulfone groups is 1. The number of fused-ring (bicyclic) bond motifs is 1. The lowest BCUT2D eigenvalue weighted by Crippen LogP contribution is -2.47. The quantitative estimate of drug-likeness (QED) is 0.701. The minimum atomic E-state index is -3.01. The molecule has 1 saturated heterocycles. The first-order valence-electron chi connectivity index (χ1n) is 8.87. The highest BCUT2D eigenvalue weighted by molar-refractivity contribution is 7.99. The van der Waals surface area contributed by atoms with E-state index in [0.29, 0.717) is 17.9 Å². The summed E-state index contributed by atoms with van der Waals surface area (Å²) in [6.07, 6.45) is 1.36. The predicted molar refractivity (Wildman–Crippen MR) is 102 cm³/mol. The first-order chi connectivity index (χ1) is 12.4. The molecule has 1 aromatic rings. The molecule has 3 rings (SSSR count). The Kier molecular flexibility index (Phi) is 6.02. The molecule has 6 nitrogen and oxygen atoms in total. The summed E-state index contributed by atoms with van der Waals surface area (Å²) in [5, 5.41) is 0. The molecule has 0 saturated carbocycles. The van der Waals surface area contributed by atoms with E-state index in [1.807, 2.05) is 32.0 Å². The number of benzene rings is 1. The highest BCUT2D eigenvalue weighted by atomic mass is 32.2. The maximum Gasteiger partial charge on any atom is 0.233 e. The molecule has 0 bridgehead atoms. The fraction of sp³-hybridized carbons (Fsp3) is 0.611. The number of rotatable bonds is 7. The zero-order valence-corrected chi connectivity index (χ0v) is 16.8. The lowest BCUT2D eigenvalue weighted by molar-refractivity contribution is -0.132. The van der Waals surface area contributed by atoms with Crippen LogP contribution in [0.2, 0.25) is 0 Å². The highest BCUT2D eigenvalue weighted by Crippen LogP contribution is 2.33. The zero-order valence-electron chi connectivity index (χ0n) is 15.1. The van der Waals surface area contributed by atoms with Crippen LogP contribution in [0.5, 0.6) is 11.5 Å². The van der Waals surface area contributed by atoms with Crippen molar-refractivity contribution in [3.8, 4) is 11.5 Å². The maximum absolute atomic E-state index is 12.8. The number of carbonyl (C=O) groups is 1. The Hall–Kier alpha value is -1.41. The average Bonchev–Trinajstić information content (AvgIpc) is 3.20. The molecule has 2 atom stereocenters. The number of thioether (sulfide) groups is 1. The Balaban J connectivity index is 1.57. The molecule has 0 aliphatic carbocycles. The van der Waals surface area contributed by atoms with E-state index < -0.39 is 9.84 Å². The molecule has 1 amide bonds. The van der Waals surface area contributed by atoms with E-state index in [9.17, 15) is 13.2 Å². The van der Waals surface area contributed by atoms with Crippen molar-refractivity contribution in [3.63, 3.8) is 0 Å². The third-order valence-corrected chi connectivity index (χ3v) is 7.63. The Morgan fingerprint density at radius 3 is 2.81 bits per heavy atom. The molecule has 144 valence electrons. The van der Waals surface area contributed by atoms with Crippen molar-refractivity contribution in [1.82, 2.24) is 4.90 Å². The molecule has 2 aliphatic rings. The molecule has 1 aromatic carbocycles. The van der Waals surface area contributed by atoms with E-state index in [2.05, 4.69) is 0 Å². The largest absolute Gasteiger partial charge is 0.454 e. The van der Waals surface area contributed by atoms with Crippen molar-refractivity contribution in [2.45, 2.75) is 44.5 Å². The van der Waals surface area contributed by atoms with E-state index in [1.54, 1.807) is 4.90 Å². The summed E-state index contributed by atoms with van der Waals surface area (Å²) in [6.45, 7) is 4.26. The lowest BCUT2D eigenvalue weighted by Gasteiger charge is -2.33. The van der Waals surface area contributed by atoms with Gasteiger partial charge in [-0.2, -0.15) is 0 Å². The Morgan fingerprint density at radius 1 is 1.35 bits per heavy atom. The smallest absolute Gasteiger partial charge is 0.233 e. The van der Waals surface area contributed by atoms with Gasteiger partial charge in [-0.3, -0.25) is 4.79 Å². The van der Waals surface area contributed by atoms with Gasteiger partial charge >= 0.3 is 0 Å². The molecule has 0 N–H and O–H groups in total. The highest BCUT2D eigenvalue weighted by Gasteiger charge is 2.36. The third-order valence-electron chi connectivity index (χ3n) is 4.89. The van der Waals surface area contributed by atoms with Crippen LogP contribution < -0.4 is 9.47 Å². The Bertz CT molecular complexity index is 765. The van der Waals surface area contributed by atoms with Gasteiger partial charge < -0.3 is 14.4 Å². The molecule has 8 heteroatoms. The van der Waals surface area contributed by atoms with Crippen LogP contribution in [0.1, 0.15) is 32.3 Å². The van der Waals surface area contributed by atoms with Gasteiger partial charge in [0.1, 0.15) is 0 Å². The molecule has 0 aromatic heterocycles. The number of amides is 1. The van der Waals surface area contributed by atoms with Crippen molar-refractivity contribution < 1.29 is 22.7 Å². The van der Waals surface area contributed by atoms with Gasteiger partial charge in [-0.05, 0) is 37.5 Å².